The lowest BCUT2D eigenvalue weighted by Gasteiger charge is -2.56. The first-order valence-electron chi connectivity index (χ1n) is 16.7. The number of carboxylic acids is 1. The molecule has 1 saturated carbocycles. The van der Waals surface area contributed by atoms with Crippen LogP contribution in [-0.2, 0) is 16.6 Å². The molecule has 3 heteroatoms. The summed E-state index contributed by atoms with van der Waals surface area (Å²) in [5.74, 6) is -0.127. The van der Waals surface area contributed by atoms with E-state index in [0.717, 1.165) is 32.1 Å². The fourth-order valence-corrected chi connectivity index (χ4v) is 7.76. The van der Waals surface area contributed by atoms with Crippen LogP contribution in [0.1, 0.15) is 155 Å². The number of carbonyl (C=O) groups is 1. The second-order valence-corrected chi connectivity index (χ2v) is 13.8. The first-order chi connectivity index (χ1) is 18.5. The third-order valence-electron chi connectivity index (χ3n) is 10.5. The summed E-state index contributed by atoms with van der Waals surface area (Å²) in [7, 11) is 0. The highest BCUT2D eigenvalue weighted by molar-refractivity contribution is 5.73. The number of quaternary nitrogens is 1. The van der Waals surface area contributed by atoms with Crippen molar-refractivity contribution in [1.82, 2.24) is 0 Å². The average Bonchev–Trinajstić information content (AvgIpc) is 2.92. The van der Waals surface area contributed by atoms with E-state index in [2.05, 4.69) is 66.7 Å². The lowest BCUT2D eigenvalue weighted by atomic mass is 9.50. The third-order valence-corrected chi connectivity index (χ3v) is 10.5. The Kier molecular flexibility index (Phi) is 13.5. The van der Waals surface area contributed by atoms with Crippen molar-refractivity contribution in [3.8, 4) is 0 Å². The minimum absolute atomic E-state index is 0.0177. The van der Waals surface area contributed by atoms with Crippen LogP contribution in [0, 0.1) is 11.3 Å². The number of benzene rings is 1. The second-order valence-electron chi connectivity index (χ2n) is 13.8. The van der Waals surface area contributed by atoms with Gasteiger partial charge in [-0.3, -0.25) is 0 Å². The van der Waals surface area contributed by atoms with E-state index in [9.17, 15) is 9.90 Å². The van der Waals surface area contributed by atoms with Gasteiger partial charge in [-0.2, -0.15) is 0 Å². The summed E-state index contributed by atoms with van der Waals surface area (Å²) in [6.45, 7) is 23.7. The summed E-state index contributed by atoms with van der Waals surface area (Å²) in [6.07, 6.45) is 15.9. The van der Waals surface area contributed by atoms with Crippen LogP contribution < -0.4 is 5.11 Å². The van der Waals surface area contributed by atoms with Crippen LogP contribution in [0.5, 0.6) is 0 Å². The number of rotatable bonds is 14. The van der Waals surface area contributed by atoms with Gasteiger partial charge in [0.05, 0.1) is 26.2 Å². The van der Waals surface area contributed by atoms with Gasteiger partial charge in [0.15, 0.2) is 0 Å². The smallest absolute Gasteiger partial charge is 0.0786 e. The molecule has 39 heavy (non-hydrogen) atoms. The van der Waals surface area contributed by atoms with Crippen molar-refractivity contribution in [2.75, 3.05) is 26.2 Å². The molecule has 2 aliphatic rings. The molecule has 1 aromatic carbocycles. The van der Waals surface area contributed by atoms with Gasteiger partial charge in [0.2, 0.25) is 0 Å². The van der Waals surface area contributed by atoms with E-state index in [0.29, 0.717) is 5.92 Å². The Labute approximate surface area is 242 Å². The fourth-order valence-electron chi connectivity index (χ4n) is 7.76. The van der Waals surface area contributed by atoms with Gasteiger partial charge in [0, 0.05) is 11.4 Å². The van der Waals surface area contributed by atoms with Gasteiger partial charge < -0.3 is 14.4 Å². The van der Waals surface area contributed by atoms with Crippen molar-refractivity contribution in [2.45, 2.75) is 150 Å². The Balaban J connectivity index is 0.000000285. The van der Waals surface area contributed by atoms with Crippen LogP contribution in [0.4, 0.5) is 0 Å². The molecule has 2 aliphatic carbocycles. The van der Waals surface area contributed by atoms with E-state index in [1.54, 1.807) is 0 Å². The van der Waals surface area contributed by atoms with Gasteiger partial charge in [0.1, 0.15) is 0 Å². The van der Waals surface area contributed by atoms with Crippen LogP contribution in [-0.4, -0.2) is 36.6 Å². The predicted octanol–water partition coefficient (Wildman–Crippen LogP) is 8.57. The van der Waals surface area contributed by atoms with Gasteiger partial charge in [0.25, 0.3) is 0 Å². The van der Waals surface area contributed by atoms with E-state index >= 15 is 0 Å². The lowest BCUT2D eigenvalue weighted by molar-refractivity contribution is -0.929. The second kappa shape index (κ2) is 15.6. The molecule has 0 unspecified atom stereocenters. The van der Waals surface area contributed by atoms with Crippen molar-refractivity contribution < 1.29 is 14.4 Å². The quantitative estimate of drug-likeness (QED) is 0.221. The number of aliphatic carboxylic acids is 1. The number of hydrogen-bond donors (Lipinski definition) is 0. The van der Waals surface area contributed by atoms with Gasteiger partial charge in [-0.15, -0.1) is 0 Å². The van der Waals surface area contributed by atoms with Gasteiger partial charge in [-0.25, -0.2) is 0 Å². The van der Waals surface area contributed by atoms with Crippen molar-refractivity contribution in [3.05, 3.63) is 34.9 Å². The Morgan fingerprint density at radius 1 is 0.897 bits per heavy atom. The Morgan fingerprint density at radius 3 is 1.85 bits per heavy atom. The molecule has 0 saturated heterocycles. The molecule has 0 spiro atoms. The van der Waals surface area contributed by atoms with Gasteiger partial charge in [-0.1, -0.05) is 106 Å². The largest absolute Gasteiger partial charge is 0.550 e. The molecule has 3 nitrogen and oxygen atoms in total. The zero-order valence-corrected chi connectivity index (χ0v) is 27.2. The maximum atomic E-state index is 11.8. The maximum absolute atomic E-state index is 11.8. The number of nitrogens with zero attached hydrogens (tertiary/aromatic N) is 1. The molecule has 0 aromatic heterocycles. The number of carboxylic acid groups (broad SMARTS) is 1. The normalized spacial score (nSPS) is 24.5. The van der Waals surface area contributed by atoms with Crippen molar-refractivity contribution >= 4 is 5.97 Å². The number of carbonyl (C=O) groups excluding carboxylic acids is 1. The zero-order valence-electron chi connectivity index (χ0n) is 27.2. The van der Waals surface area contributed by atoms with E-state index in [1.165, 1.54) is 98.7 Å². The van der Waals surface area contributed by atoms with Crippen molar-refractivity contribution in [1.29, 1.82) is 0 Å². The Bertz CT molecular complexity index is 839. The molecular formula is C36H63NO2. The van der Waals surface area contributed by atoms with Crippen LogP contribution in [0.25, 0.3) is 0 Å². The number of unbranched alkanes of at least 4 members (excludes halogenated alkanes) is 4. The molecule has 0 heterocycles. The summed E-state index contributed by atoms with van der Waals surface area (Å²) in [4.78, 5) is 11.8. The SMILES string of the molecule is CC(C)c1ccc2c(c1)CC[C@H]1[C@@](C)(C(=O)[O-])CCC[C@]21C.CCCC[N+](CCCC)(CCCC)CCCC. The topological polar surface area (TPSA) is 40.1 Å². The third kappa shape index (κ3) is 8.34. The van der Waals surface area contributed by atoms with Gasteiger partial charge >= 0.3 is 0 Å². The minimum atomic E-state index is -0.856. The molecule has 0 bridgehead atoms. The van der Waals surface area contributed by atoms with E-state index in [4.69, 9.17) is 0 Å². The lowest BCUT2D eigenvalue weighted by Crippen LogP contribution is -2.56. The molecule has 0 amide bonds. The Morgan fingerprint density at radius 2 is 1.41 bits per heavy atom. The summed E-state index contributed by atoms with van der Waals surface area (Å²) in [5.41, 5.74) is 3.52. The van der Waals surface area contributed by atoms with Crippen LogP contribution >= 0.6 is 0 Å². The van der Waals surface area contributed by atoms with E-state index in [-0.39, 0.29) is 11.3 Å². The first kappa shape index (κ1) is 33.9. The minimum Gasteiger partial charge on any atom is -0.550 e. The number of hydrogen-bond acceptors (Lipinski definition) is 2. The molecular weight excluding hydrogens is 478 g/mol. The summed E-state index contributed by atoms with van der Waals surface area (Å²) in [5, 5.41) is 11.8. The zero-order chi connectivity index (χ0) is 29.1. The highest BCUT2D eigenvalue weighted by Crippen LogP contribution is 2.57. The standard InChI is InChI=1S/C20H28O2.C16H36N/c1-13(2)14-6-8-16-15(12-14)7-9-17-19(16,3)10-5-11-20(17,4)18(21)22;1-5-9-13-17(14-10-6-2,15-11-7-3)16-12-8-4/h6,8,12-13,17H,5,7,9-11H2,1-4H3,(H,21,22);5-16H2,1-4H3/q;+1/p-1/t17-,19-,20+;/m1./s1. The van der Waals surface area contributed by atoms with Crippen molar-refractivity contribution in [2.24, 2.45) is 11.3 Å². The van der Waals surface area contributed by atoms with Crippen LogP contribution in [0.15, 0.2) is 18.2 Å². The highest BCUT2D eigenvalue weighted by atomic mass is 16.4. The van der Waals surface area contributed by atoms with E-state index < -0.39 is 11.4 Å². The average molecular weight is 542 g/mol. The summed E-state index contributed by atoms with van der Waals surface area (Å²) in [6, 6.07) is 6.87. The van der Waals surface area contributed by atoms with Crippen LogP contribution in [0.2, 0.25) is 0 Å². The van der Waals surface area contributed by atoms with Gasteiger partial charge in [-0.05, 0) is 85.3 Å². The molecule has 0 aliphatic heterocycles. The molecule has 3 rings (SSSR count). The molecule has 3 atom stereocenters. The molecule has 224 valence electrons. The Hall–Kier alpha value is -1.35. The molecule has 1 aromatic rings. The van der Waals surface area contributed by atoms with Crippen molar-refractivity contribution in [3.63, 3.8) is 0 Å². The summed E-state index contributed by atoms with van der Waals surface area (Å²) < 4.78 is 1.42. The molecule has 1 fully saturated rings. The van der Waals surface area contributed by atoms with Crippen LogP contribution in [0.3, 0.4) is 0 Å². The predicted molar refractivity (Wildman–Crippen MR) is 166 cm³/mol. The molecule has 0 radical (unpaired) electrons. The number of aryl methyl sites for hydroxylation is 1. The first-order valence-corrected chi connectivity index (χ1v) is 16.7. The molecule has 0 N–H and O–H groups in total. The monoisotopic (exact) mass is 541 g/mol. The number of fused-ring (bicyclic) bond motifs is 3. The maximum Gasteiger partial charge on any atom is 0.0786 e. The summed E-state index contributed by atoms with van der Waals surface area (Å²) >= 11 is 0. The fraction of sp³-hybridized carbons (Fsp3) is 0.806. The van der Waals surface area contributed by atoms with E-state index in [1.807, 2.05) is 6.92 Å². The highest BCUT2D eigenvalue weighted by Gasteiger charge is 2.52.